The van der Waals surface area contributed by atoms with E-state index in [4.69, 9.17) is 5.11 Å². The van der Waals surface area contributed by atoms with Crippen LogP contribution in [0.3, 0.4) is 0 Å². The zero-order valence-electron chi connectivity index (χ0n) is 9.46. The Balaban J connectivity index is 2.36. The van der Waals surface area contributed by atoms with E-state index in [1.54, 1.807) is 24.0 Å². The number of aryl methyl sites for hydroxylation is 1. The summed E-state index contributed by atoms with van der Waals surface area (Å²) in [5.74, 6) is -1.18. The smallest absolute Gasteiger partial charge is 0.303 e. The molecule has 0 bridgehead atoms. The van der Waals surface area contributed by atoms with Gasteiger partial charge in [0.05, 0.1) is 18.0 Å². The van der Waals surface area contributed by atoms with E-state index < -0.39 is 16.0 Å². The van der Waals surface area contributed by atoms with Crippen molar-refractivity contribution in [2.24, 2.45) is 7.05 Å². The Bertz CT molecular complexity index is 480. The van der Waals surface area contributed by atoms with Crippen molar-refractivity contribution in [3.8, 4) is 0 Å². The van der Waals surface area contributed by atoms with Gasteiger partial charge in [0.2, 0.25) is 10.0 Å². The van der Waals surface area contributed by atoms with Crippen molar-refractivity contribution in [2.75, 3.05) is 5.75 Å². The van der Waals surface area contributed by atoms with Crippen LogP contribution in [0.15, 0.2) is 12.3 Å². The Kier molecular flexibility index (Phi) is 4.64. The highest BCUT2D eigenvalue weighted by Crippen LogP contribution is 1.98. The molecule has 7 nitrogen and oxygen atoms in total. The number of hydrogen-bond acceptors (Lipinski definition) is 4. The monoisotopic (exact) mass is 261 g/mol. The molecule has 0 aromatic carbocycles. The predicted molar refractivity (Wildman–Crippen MR) is 60.7 cm³/mol. The minimum Gasteiger partial charge on any atom is -0.481 e. The summed E-state index contributed by atoms with van der Waals surface area (Å²) in [6.07, 6.45) is 1.67. The molecule has 0 aliphatic rings. The quantitative estimate of drug-likeness (QED) is 0.702. The van der Waals surface area contributed by atoms with Gasteiger partial charge in [-0.3, -0.25) is 9.48 Å². The van der Waals surface area contributed by atoms with Gasteiger partial charge in [0.1, 0.15) is 0 Å². The van der Waals surface area contributed by atoms with E-state index in [0.29, 0.717) is 5.69 Å². The Morgan fingerprint density at radius 3 is 2.82 bits per heavy atom. The number of sulfonamides is 1. The molecule has 0 saturated heterocycles. The first-order chi connectivity index (χ1) is 7.89. The molecule has 0 aliphatic heterocycles. The fourth-order valence-corrected chi connectivity index (χ4v) is 2.26. The minimum absolute atomic E-state index is 0.104. The first-order valence-corrected chi connectivity index (χ1v) is 6.72. The normalized spacial score (nSPS) is 11.6. The van der Waals surface area contributed by atoms with E-state index in [2.05, 4.69) is 9.82 Å². The molecule has 0 saturated carbocycles. The van der Waals surface area contributed by atoms with Gasteiger partial charge in [0, 0.05) is 19.7 Å². The Morgan fingerprint density at radius 2 is 2.29 bits per heavy atom. The van der Waals surface area contributed by atoms with Crippen LogP contribution in [-0.4, -0.2) is 35.0 Å². The van der Waals surface area contributed by atoms with E-state index in [1.807, 2.05) is 0 Å². The number of aromatic nitrogens is 2. The molecule has 0 spiro atoms. The maximum Gasteiger partial charge on any atom is 0.303 e. The number of aliphatic carboxylic acids is 1. The predicted octanol–water partition coefficient (Wildman–Crippen LogP) is -0.296. The number of carboxylic acids is 1. The molecule has 1 heterocycles. The van der Waals surface area contributed by atoms with Crippen LogP contribution in [-0.2, 0) is 28.4 Å². The molecule has 17 heavy (non-hydrogen) atoms. The molecule has 0 radical (unpaired) electrons. The van der Waals surface area contributed by atoms with Gasteiger partial charge < -0.3 is 5.11 Å². The molecule has 96 valence electrons. The SMILES string of the molecule is Cn1ccc(CNS(=O)(=O)CCCC(=O)O)n1. The standard InChI is InChI=1S/C9H15N3O4S/c1-12-5-4-8(11-12)7-10-17(15,16)6-2-3-9(13)14/h4-5,10H,2-3,6-7H2,1H3,(H,13,14). The zero-order valence-corrected chi connectivity index (χ0v) is 10.3. The number of carbonyl (C=O) groups is 1. The van der Waals surface area contributed by atoms with Crippen molar-refractivity contribution >= 4 is 16.0 Å². The van der Waals surface area contributed by atoms with Gasteiger partial charge in [0.15, 0.2) is 0 Å². The second-order valence-corrected chi connectivity index (χ2v) is 5.54. The highest BCUT2D eigenvalue weighted by molar-refractivity contribution is 7.89. The third-order valence-electron chi connectivity index (χ3n) is 2.05. The van der Waals surface area contributed by atoms with Crippen molar-refractivity contribution in [3.63, 3.8) is 0 Å². The first kappa shape index (κ1) is 13.7. The van der Waals surface area contributed by atoms with Crippen molar-refractivity contribution in [2.45, 2.75) is 19.4 Å². The third kappa shape index (κ3) is 5.45. The van der Waals surface area contributed by atoms with Crippen LogP contribution in [0.4, 0.5) is 0 Å². The van der Waals surface area contributed by atoms with Crippen LogP contribution in [0.25, 0.3) is 0 Å². The highest BCUT2D eigenvalue weighted by Gasteiger charge is 2.11. The Morgan fingerprint density at radius 1 is 1.59 bits per heavy atom. The number of rotatable bonds is 7. The number of hydrogen-bond donors (Lipinski definition) is 2. The van der Waals surface area contributed by atoms with Crippen LogP contribution < -0.4 is 4.72 Å². The van der Waals surface area contributed by atoms with Gasteiger partial charge in [-0.25, -0.2) is 13.1 Å². The second-order valence-electron chi connectivity index (χ2n) is 3.62. The Labute approximate surface area is 99.5 Å². The molecular formula is C9H15N3O4S. The summed E-state index contributed by atoms with van der Waals surface area (Å²) >= 11 is 0. The van der Waals surface area contributed by atoms with Crippen LogP contribution in [0.1, 0.15) is 18.5 Å². The maximum absolute atomic E-state index is 11.5. The van der Waals surface area contributed by atoms with E-state index in [-0.39, 0.29) is 25.1 Å². The van der Waals surface area contributed by atoms with Crippen LogP contribution >= 0.6 is 0 Å². The third-order valence-corrected chi connectivity index (χ3v) is 3.46. The van der Waals surface area contributed by atoms with Crippen LogP contribution in [0.5, 0.6) is 0 Å². The molecule has 1 aromatic rings. The van der Waals surface area contributed by atoms with Gasteiger partial charge >= 0.3 is 5.97 Å². The summed E-state index contributed by atoms with van der Waals surface area (Å²) < 4.78 is 26.9. The maximum atomic E-state index is 11.5. The van der Waals surface area contributed by atoms with Crippen molar-refractivity contribution in [1.82, 2.24) is 14.5 Å². The lowest BCUT2D eigenvalue weighted by atomic mass is 10.3. The van der Waals surface area contributed by atoms with Gasteiger partial charge in [-0.2, -0.15) is 5.10 Å². The van der Waals surface area contributed by atoms with E-state index in [0.717, 1.165) is 0 Å². The summed E-state index contributed by atoms with van der Waals surface area (Å²) in [5.41, 5.74) is 0.620. The van der Waals surface area contributed by atoms with Crippen molar-refractivity contribution in [1.29, 1.82) is 0 Å². The zero-order chi connectivity index (χ0) is 12.9. The summed E-state index contributed by atoms with van der Waals surface area (Å²) in [5, 5.41) is 12.4. The fraction of sp³-hybridized carbons (Fsp3) is 0.556. The van der Waals surface area contributed by atoms with Gasteiger partial charge in [-0.15, -0.1) is 0 Å². The number of nitrogens with zero attached hydrogens (tertiary/aromatic N) is 2. The van der Waals surface area contributed by atoms with Crippen LogP contribution in [0, 0.1) is 0 Å². The first-order valence-electron chi connectivity index (χ1n) is 5.07. The molecule has 8 heteroatoms. The van der Waals surface area contributed by atoms with Crippen molar-refractivity contribution in [3.05, 3.63) is 18.0 Å². The lowest BCUT2D eigenvalue weighted by molar-refractivity contribution is -0.137. The van der Waals surface area contributed by atoms with E-state index in [9.17, 15) is 13.2 Å². The largest absolute Gasteiger partial charge is 0.481 e. The van der Waals surface area contributed by atoms with E-state index in [1.165, 1.54) is 0 Å². The lowest BCUT2D eigenvalue weighted by Gasteiger charge is -2.03. The summed E-state index contributed by atoms with van der Waals surface area (Å²) in [7, 11) is -1.69. The summed E-state index contributed by atoms with van der Waals surface area (Å²) in [6.45, 7) is 0.121. The molecule has 0 unspecified atom stereocenters. The second kappa shape index (κ2) is 5.78. The fourth-order valence-electron chi connectivity index (χ4n) is 1.23. The lowest BCUT2D eigenvalue weighted by Crippen LogP contribution is -2.26. The molecule has 0 atom stereocenters. The average molecular weight is 261 g/mol. The summed E-state index contributed by atoms with van der Waals surface area (Å²) in [4.78, 5) is 10.2. The molecule has 0 amide bonds. The average Bonchev–Trinajstić information content (AvgIpc) is 2.61. The summed E-state index contributed by atoms with van der Waals surface area (Å²) in [6, 6.07) is 1.71. The van der Waals surface area contributed by atoms with Gasteiger partial charge in [-0.05, 0) is 12.5 Å². The minimum atomic E-state index is -3.43. The van der Waals surface area contributed by atoms with Gasteiger partial charge in [0.25, 0.3) is 0 Å². The molecule has 0 aliphatic carbocycles. The molecule has 2 N–H and O–H groups in total. The number of nitrogens with one attached hydrogen (secondary N) is 1. The molecule has 1 aromatic heterocycles. The van der Waals surface area contributed by atoms with Crippen LogP contribution in [0.2, 0.25) is 0 Å². The van der Waals surface area contributed by atoms with Crippen molar-refractivity contribution < 1.29 is 18.3 Å². The number of carboxylic acid groups (broad SMARTS) is 1. The molecule has 1 rings (SSSR count). The Hall–Kier alpha value is -1.41. The topological polar surface area (TPSA) is 101 Å². The highest BCUT2D eigenvalue weighted by atomic mass is 32.2. The van der Waals surface area contributed by atoms with Gasteiger partial charge in [-0.1, -0.05) is 0 Å². The molecular weight excluding hydrogens is 246 g/mol. The van der Waals surface area contributed by atoms with E-state index >= 15 is 0 Å². The molecule has 0 fully saturated rings.